The number of anilines is 1. The fourth-order valence-electron chi connectivity index (χ4n) is 2.35. The summed E-state index contributed by atoms with van der Waals surface area (Å²) in [6.45, 7) is 1.76. The largest absolute Gasteiger partial charge is 0.508 e. The van der Waals surface area contributed by atoms with Crippen LogP contribution in [0.3, 0.4) is 0 Å². The van der Waals surface area contributed by atoms with E-state index in [4.69, 9.17) is 11.6 Å². The molecule has 3 N–H and O–H groups in total. The van der Waals surface area contributed by atoms with Crippen molar-refractivity contribution in [2.45, 2.75) is 13.1 Å². The number of aromatic hydroxyl groups is 1. The Hall–Kier alpha value is -2.73. The number of phenols is 1. The highest BCUT2D eigenvalue weighted by atomic mass is 35.5. The van der Waals surface area contributed by atoms with Crippen LogP contribution in [0.4, 0.5) is 5.69 Å². The Morgan fingerprint density at radius 1 is 1.26 bits per heavy atom. The van der Waals surface area contributed by atoms with E-state index in [1.807, 2.05) is 0 Å². The molecule has 1 atom stereocenters. The number of fused-ring (bicyclic) bond motifs is 1. The number of benzene rings is 2. The van der Waals surface area contributed by atoms with Crippen LogP contribution < -0.4 is 10.7 Å². The van der Waals surface area contributed by atoms with Gasteiger partial charge in [0.1, 0.15) is 11.9 Å². The zero-order chi connectivity index (χ0) is 16.6. The van der Waals surface area contributed by atoms with E-state index in [1.165, 1.54) is 29.3 Å². The van der Waals surface area contributed by atoms with Gasteiger partial charge < -0.3 is 10.4 Å². The quantitative estimate of drug-likeness (QED) is 0.790. The first-order valence-electron chi connectivity index (χ1n) is 6.95. The molecule has 0 spiro atoms. The Bertz CT molecular complexity index is 777. The van der Waals surface area contributed by atoms with Crippen molar-refractivity contribution < 1.29 is 14.7 Å². The number of nitrogens with one attached hydrogen (secondary N) is 2. The van der Waals surface area contributed by atoms with Gasteiger partial charge in [-0.05, 0) is 49.4 Å². The van der Waals surface area contributed by atoms with Crippen molar-refractivity contribution in [3.8, 4) is 5.75 Å². The van der Waals surface area contributed by atoms with E-state index in [1.54, 1.807) is 25.1 Å². The molecule has 1 heterocycles. The fraction of sp³-hybridized carbons (Fsp3) is 0.125. The topological polar surface area (TPSA) is 81.7 Å². The molecule has 6 nitrogen and oxygen atoms in total. The zero-order valence-corrected chi connectivity index (χ0v) is 13.0. The van der Waals surface area contributed by atoms with E-state index in [0.717, 1.165) is 0 Å². The van der Waals surface area contributed by atoms with Crippen LogP contribution >= 0.6 is 11.6 Å². The average Bonchev–Trinajstić information content (AvgIpc) is 2.53. The molecule has 0 radical (unpaired) electrons. The van der Waals surface area contributed by atoms with Gasteiger partial charge >= 0.3 is 0 Å². The number of hydrazine groups is 1. The number of carbonyl (C=O) groups excluding carboxylic acids is 2. The minimum Gasteiger partial charge on any atom is -0.508 e. The van der Waals surface area contributed by atoms with Crippen LogP contribution in [0.15, 0.2) is 42.5 Å². The number of nitrogens with zero attached hydrogens (tertiary/aromatic N) is 1. The first-order chi connectivity index (χ1) is 11.0. The number of phenolic OH excluding ortho intramolecular Hbond substituents is 1. The maximum Gasteiger partial charge on any atom is 0.276 e. The van der Waals surface area contributed by atoms with Gasteiger partial charge in [-0.15, -0.1) is 0 Å². The molecule has 0 saturated carbocycles. The van der Waals surface area contributed by atoms with Crippen LogP contribution in [0.25, 0.3) is 0 Å². The van der Waals surface area contributed by atoms with Crippen molar-refractivity contribution in [1.29, 1.82) is 0 Å². The molecule has 0 aromatic heterocycles. The normalized spacial score (nSPS) is 16.5. The third-order valence-electron chi connectivity index (χ3n) is 3.53. The van der Waals surface area contributed by atoms with Gasteiger partial charge in [-0.2, -0.15) is 0 Å². The lowest BCUT2D eigenvalue weighted by Gasteiger charge is -2.35. The molecule has 1 unspecified atom stereocenters. The monoisotopic (exact) mass is 331 g/mol. The van der Waals surface area contributed by atoms with Crippen molar-refractivity contribution in [3.63, 3.8) is 0 Å². The summed E-state index contributed by atoms with van der Waals surface area (Å²) in [6.07, 6.45) is -0.419. The molecule has 0 aliphatic carbocycles. The van der Waals surface area contributed by atoms with E-state index in [9.17, 15) is 14.7 Å². The number of hydrogen-bond donors (Lipinski definition) is 3. The van der Waals surface area contributed by atoms with Crippen LogP contribution in [0, 0.1) is 0 Å². The van der Waals surface area contributed by atoms with E-state index < -0.39 is 12.1 Å². The number of rotatable bonds is 2. The molecule has 118 valence electrons. The summed E-state index contributed by atoms with van der Waals surface area (Å²) in [4.78, 5) is 24.8. The van der Waals surface area contributed by atoms with Gasteiger partial charge in [0.15, 0.2) is 0 Å². The molecule has 2 amide bonds. The van der Waals surface area contributed by atoms with Crippen molar-refractivity contribution in [1.82, 2.24) is 10.4 Å². The maximum atomic E-state index is 12.6. The number of hydrogen-bond acceptors (Lipinski definition) is 4. The third kappa shape index (κ3) is 2.93. The highest BCUT2D eigenvalue weighted by molar-refractivity contribution is 6.31. The maximum absolute atomic E-state index is 12.6. The van der Waals surface area contributed by atoms with Gasteiger partial charge in [-0.1, -0.05) is 11.6 Å². The molecule has 7 heteroatoms. The molecule has 0 saturated heterocycles. The number of carbonyl (C=O) groups is 2. The minimum absolute atomic E-state index is 0.0641. The summed E-state index contributed by atoms with van der Waals surface area (Å²) >= 11 is 5.93. The van der Waals surface area contributed by atoms with E-state index in [2.05, 4.69) is 10.7 Å². The van der Waals surface area contributed by atoms with Gasteiger partial charge in [0, 0.05) is 16.3 Å². The second kappa shape index (κ2) is 5.81. The molecule has 2 aromatic carbocycles. The smallest absolute Gasteiger partial charge is 0.276 e. The first-order valence-corrected chi connectivity index (χ1v) is 7.33. The lowest BCUT2D eigenvalue weighted by Crippen LogP contribution is -2.56. The predicted molar refractivity (Wildman–Crippen MR) is 86.3 cm³/mol. The zero-order valence-electron chi connectivity index (χ0n) is 12.2. The predicted octanol–water partition coefficient (Wildman–Crippen LogP) is 2.60. The van der Waals surface area contributed by atoms with E-state index in [0.29, 0.717) is 21.8 Å². The van der Waals surface area contributed by atoms with Gasteiger partial charge in [-0.3, -0.25) is 15.0 Å². The molecule has 0 bridgehead atoms. The summed E-state index contributed by atoms with van der Waals surface area (Å²) in [5, 5.41) is 14.0. The van der Waals surface area contributed by atoms with E-state index >= 15 is 0 Å². The van der Waals surface area contributed by atoms with Crippen molar-refractivity contribution >= 4 is 29.1 Å². The van der Waals surface area contributed by atoms with Crippen LogP contribution in [0.1, 0.15) is 27.6 Å². The Morgan fingerprint density at radius 2 is 1.96 bits per heavy atom. The Balaban J connectivity index is 1.84. The summed E-state index contributed by atoms with van der Waals surface area (Å²) in [7, 11) is 0. The Labute approximate surface area is 137 Å². The van der Waals surface area contributed by atoms with Crippen molar-refractivity contribution in [2.75, 3.05) is 5.32 Å². The molecule has 1 aliphatic rings. The number of amides is 2. The average molecular weight is 332 g/mol. The summed E-state index contributed by atoms with van der Waals surface area (Å²) in [5.74, 6) is -0.729. The SMILES string of the molecule is CC1Nc2ccc(Cl)cc2C(=O)N1NC(=O)c1ccc(O)cc1. The minimum atomic E-state index is -0.447. The highest BCUT2D eigenvalue weighted by Gasteiger charge is 2.31. The molecule has 0 fully saturated rings. The lowest BCUT2D eigenvalue weighted by molar-refractivity contribution is 0.0510. The van der Waals surface area contributed by atoms with Crippen LogP contribution in [-0.4, -0.2) is 28.1 Å². The molecular weight excluding hydrogens is 318 g/mol. The third-order valence-corrected chi connectivity index (χ3v) is 3.77. The van der Waals surface area contributed by atoms with Crippen molar-refractivity contribution in [3.05, 3.63) is 58.6 Å². The number of halogens is 1. The molecular formula is C16H14ClN3O3. The first kappa shape index (κ1) is 15.2. The van der Waals surface area contributed by atoms with Gasteiger partial charge in [0.05, 0.1) is 5.56 Å². The second-order valence-corrected chi connectivity index (χ2v) is 5.61. The molecule has 1 aliphatic heterocycles. The summed E-state index contributed by atoms with van der Waals surface area (Å²) < 4.78 is 0. The van der Waals surface area contributed by atoms with Gasteiger partial charge in [0.25, 0.3) is 11.8 Å². The van der Waals surface area contributed by atoms with Gasteiger partial charge in [0.2, 0.25) is 0 Å². The van der Waals surface area contributed by atoms with Crippen LogP contribution in [0.2, 0.25) is 5.02 Å². The summed E-state index contributed by atoms with van der Waals surface area (Å²) in [5.41, 5.74) is 3.96. The van der Waals surface area contributed by atoms with Crippen LogP contribution in [0.5, 0.6) is 5.75 Å². The standard InChI is InChI=1S/C16H14ClN3O3/c1-9-18-14-7-4-11(17)8-13(14)16(23)20(9)19-15(22)10-2-5-12(21)6-3-10/h2-9,18,21H,1H3,(H,19,22). The molecule has 2 aromatic rings. The van der Waals surface area contributed by atoms with Crippen molar-refractivity contribution in [2.24, 2.45) is 0 Å². The van der Waals surface area contributed by atoms with Crippen LogP contribution in [-0.2, 0) is 0 Å². The van der Waals surface area contributed by atoms with Gasteiger partial charge in [-0.25, -0.2) is 5.01 Å². The Morgan fingerprint density at radius 3 is 2.65 bits per heavy atom. The summed E-state index contributed by atoms with van der Waals surface area (Å²) in [6, 6.07) is 10.7. The lowest BCUT2D eigenvalue weighted by atomic mass is 10.1. The highest BCUT2D eigenvalue weighted by Crippen LogP contribution is 2.27. The van der Waals surface area contributed by atoms with E-state index in [-0.39, 0.29) is 11.7 Å². The fourth-order valence-corrected chi connectivity index (χ4v) is 2.52. The Kier molecular flexibility index (Phi) is 3.83. The molecule has 23 heavy (non-hydrogen) atoms. The second-order valence-electron chi connectivity index (χ2n) is 5.17. The molecule has 3 rings (SSSR count).